The quantitative estimate of drug-likeness (QED) is 0.754. The zero-order valence-electron chi connectivity index (χ0n) is 10.5. The molecule has 2 rings (SSSR count). The Morgan fingerprint density at radius 3 is 2.83 bits per heavy atom. The second kappa shape index (κ2) is 6.37. The minimum atomic E-state index is -0.131. The fourth-order valence-electron chi connectivity index (χ4n) is 2.18. The number of likely N-dealkylation sites (N-methyl/N-ethyl adjacent to an activating group) is 1. The number of nitrogens with one attached hydrogen (secondary N) is 1. The van der Waals surface area contributed by atoms with Gasteiger partial charge in [0.1, 0.15) is 0 Å². The second-order valence-corrected chi connectivity index (χ2v) is 6.63. The number of aliphatic hydroxyl groups is 1. The van der Waals surface area contributed by atoms with E-state index in [0.29, 0.717) is 5.92 Å². The molecule has 0 radical (unpaired) electrons. The molecule has 1 saturated carbocycles. The van der Waals surface area contributed by atoms with Crippen LogP contribution in [0.25, 0.3) is 0 Å². The van der Waals surface area contributed by atoms with Gasteiger partial charge in [-0.25, -0.2) is 4.98 Å². The molecular formula is C13H19BrN2OS. The van der Waals surface area contributed by atoms with E-state index in [1.54, 1.807) is 11.8 Å². The van der Waals surface area contributed by atoms with E-state index in [2.05, 4.69) is 33.2 Å². The highest BCUT2D eigenvalue weighted by atomic mass is 79.9. The van der Waals surface area contributed by atoms with Gasteiger partial charge in [-0.3, -0.25) is 0 Å². The van der Waals surface area contributed by atoms with E-state index in [0.717, 1.165) is 21.8 Å². The molecule has 0 spiro atoms. The normalized spacial score (nSPS) is 18.6. The van der Waals surface area contributed by atoms with Crippen LogP contribution in [0.4, 0.5) is 0 Å². The first-order chi connectivity index (χ1) is 8.70. The van der Waals surface area contributed by atoms with Crippen molar-refractivity contribution in [2.45, 2.75) is 30.3 Å². The summed E-state index contributed by atoms with van der Waals surface area (Å²) in [6.45, 7) is 3.19. The van der Waals surface area contributed by atoms with Crippen molar-refractivity contribution in [3.63, 3.8) is 0 Å². The molecule has 3 nitrogen and oxygen atoms in total. The van der Waals surface area contributed by atoms with Gasteiger partial charge in [-0.15, -0.1) is 11.8 Å². The van der Waals surface area contributed by atoms with Gasteiger partial charge in [0.25, 0.3) is 0 Å². The predicted molar refractivity (Wildman–Crippen MR) is 78.9 cm³/mol. The third-order valence-corrected chi connectivity index (χ3v) is 5.01. The summed E-state index contributed by atoms with van der Waals surface area (Å²) < 4.78 is 0.995. The lowest BCUT2D eigenvalue weighted by atomic mass is 9.97. The van der Waals surface area contributed by atoms with Crippen LogP contribution in [0.1, 0.15) is 19.8 Å². The average molecular weight is 331 g/mol. The van der Waals surface area contributed by atoms with Gasteiger partial charge in [0, 0.05) is 16.4 Å². The number of halogens is 1. The van der Waals surface area contributed by atoms with E-state index in [4.69, 9.17) is 0 Å². The van der Waals surface area contributed by atoms with E-state index in [1.165, 1.54) is 12.8 Å². The molecule has 1 aromatic rings. The number of nitrogens with zero attached hydrogens (tertiary/aromatic N) is 1. The van der Waals surface area contributed by atoms with Gasteiger partial charge in [0.05, 0.1) is 17.2 Å². The van der Waals surface area contributed by atoms with E-state index < -0.39 is 0 Å². The van der Waals surface area contributed by atoms with Crippen LogP contribution in [0.2, 0.25) is 0 Å². The van der Waals surface area contributed by atoms with Gasteiger partial charge < -0.3 is 10.4 Å². The molecule has 1 aliphatic rings. The minimum absolute atomic E-state index is 0.131. The molecule has 0 bridgehead atoms. The van der Waals surface area contributed by atoms with Crippen molar-refractivity contribution in [2.24, 2.45) is 5.92 Å². The summed E-state index contributed by atoms with van der Waals surface area (Å²) in [5.41, 5.74) is -0.131. The van der Waals surface area contributed by atoms with Crippen LogP contribution in [-0.4, -0.2) is 34.5 Å². The summed E-state index contributed by atoms with van der Waals surface area (Å²) >= 11 is 5.10. The third-order valence-electron chi connectivity index (χ3n) is 3.35. The van der Waals surface area contributed by atoms with Crippen LogP contribution in [0, 0.1) is 5.92 Å². The van der Waals surface area contributed by atoms with Gasteiger partial charge in [-0.1, -0.05) is 6.92 Å². The van der Waals surface area contributed by atoms with Crippen LogP contribution in [0.15, 0.2) is 27.8 Å². The predicted octanol–water partition coefficient (Wildman–Crippen LogP) is 2.69. The molecule has 1 unspecified atom stereocenters. The summed E-state index contributed by atoms with van der Waals surface area (Å²) in [4.78, 5) is 4.36. The molecule has 18 heavy (non-hydrogen) atoms. The highest BCUT2D eigenvalue weighted by molar-refractivity contribution is 9.10. The molecule has 0 amide bonds. The Hall–Kier alpha value is -0.100. The van der Waals surface area contributed by atoms with Crippen molar-refractivity contribution in [1.29, 1.82) is 0 Å². The van der Waals surface area contributed by atoms with E-state index in [-0.39, 0.29) is 12.1 Å². The van der Waals surface area contributed by atoms with Crippen LogP contribution < -0.4 is 5.32 Å². The average Bonchev–Trinajstić information content (AvgIpc) is 3.21. The zero-order valence-corrected chi connectivity index (χ0v) is 12.9. The SMILES string of the molecule is CCNC(CO)(CSc1ccc(Br)cn1)C1CC1. The van der Waals surface area contributed by atoms with Gasteiger partial charge in [0.15, 0.2) is 0 Å². The fourth-order valence-corrected chi connectivity index (χ4v) is 3.54. The standard InChI is InChI=1S/C13H19BrN2OS/c1-2-16-13(8-17,10-3-4-10)9-18-12-6-5-11(14)7-15-12/h5-7,10,16-17H,2-4,8-9H2,1H3. The lowest BCUT2D eigenvalue weighted by Crippen LogP contribution is -2.52. The molecule has 1 aromatic heterocycles. The summed E-state index contributed by atoms with van der Waals surface area (Å²) in [5.74, 6) is 1.49. The Balaban J connectivity index is 1.98. The summed E-state index contributed by atoms with van der Waals surface area (Å²) in [5, 5.41) is 14.2. The van der Waals surface area contributed by atoms with Crippen LogP contribution in [-0.2, 0) is 0 Å². The van der Waals surface area contributed by atoms with Crippen molar-refractivity contribution < 1.29 is 5.11 Å². The number of pyridine rings is 1. The molecule has 1 aliphatic carbocycles. The smallest absolute Gasteiger partial charge is 0.0961 e. The summed E-state index contributed by atoms with van der Waals surface area (Å²) in [6.07, 6.45) is 4.26. The molecule has 0 aliphatic heterocycles. The Morgan fingerprint density at radius 1 is 1.56 bits per heavy atom. The molecule has 0 aromatic carbocycles. The van der Waals surface area contributed by atoms with Gasteiger partial charge in [-0.2, -0.15) is 0 Å². The fraction of sp³-hybridized carbons (Fsp3) is 0.615. The Kier molecular flexibility index (Phi) is 5.06. The Morgan fingerprint density at radius 2 is 2.33 bits per heavy atom. The van der Waals surface area contributed by atoms with E-state index in [9.17, 15) is 5.11 Å². The first kappa shape index (κ1) is 14.3. The lowest BCUT2D eigenvalue weighted by molar-refractivity contribution is 0.161. The Bertz CT molecular complexity index is 383. The first-order valence-corrected chi connectivity index (χ1v) is 8.08. The molecule has 0 saturated heterocycles. The number of aliphatic hydroxyl groups excluding tert-OH is 1. The highest BCUT2D eigenvalue weighted by Gasteiger charge is 2.44. The topological polar surface area (TPSA) is 45.1 Å². The van der Waals surface area contributed by atoms with Crippen molar-refractivity contribution in [1.82, 2.24) is 10.3 Å². The monoisotopic (exact) mass is 330 g/mol. The summed E-state index contributed by atoms with van der Waals surface area (Å²) in [6, 6.07) is 4.01. The van der Waals surface area contributed by atoms with Gasteiger partial charge in [-0.05, 0) is 53.4 Å². The summed E-state index contributed by atoms with van der Waals surface area (Å²) in [7, 11) is 0. The molecule has 2 N–H and O–H groups in total. The molecule has 1 atom stereocenters. The first-order valence-electron chi connectivity index (χ1n) is 6.30. The van der Waals surface area contributed by atoms with Crippen LogP contribution >= 0.6 is 27.7 Å². The van der Waals surface area contributed by atoms with Crippen molar-refractivity contribution >= 4 is 27.7 Å². The molecule has 1 heterocycles. The number of aromatic nitrogens is 1. The molecule has 100 valence electrons. The van der Waals surface area contributed by atoms with E-state index >= 15 is 0 Å². The second-order valence-electron chi connectivity index (χ2n) is 4.72. The maximum Gasteiger partial charge on any atom is 0.0961 e. The minimum Gasteiger partial charge on any atom is -0.394 e. The van der Waals surface area contributed by atoms with Crippen LogP contribution in [0.3, 0.4) is 0 Å². The van der Waals surface area contributed by atoms with E-state index in [1.807, 2.05) is 18.3 Å². The highest BCUT2D eigenvalue weighted by Crippen LogP contribution is 2.42. The van der Waals surface area contributed by atoms with Gasteiger partial charge in [0.2, 0.25) is 0 Å². The molecular weight excluding hydrogens is 312 g/mol. The molecule has 5 heteroatoms. The van der Waals surface area contributed by atoms with Crippen molar-refractivity contribution in [2.75, 3.05) is 18.9 Å². The lowest BCUT2D eigenvalue weighted by Gasteiger charge is -2.32. The number of thioether (sulfide) groups is 1. The Labute approximate surface area is 121 Å². The molecule has 1 fully saturated rings. The van der Waals surface area contributed by atoms with Crippen molar-refractivity contribution in [3.8, 4) is 0 Å². The zero-order chi connectivity index (χ0) is 13.0. The number of hydrogen-bond acceptors (Lipinski definition) is 4. The largest absolute Gasteiger partial charge is 0.394 e. The number of hydrogen-bond donors (Lipinski definition) is 2. The van der Waals surface area contributed by atoms with Crippen molar-refractivity contribution in [3.05, 3.63) is 22.8 Å². The van der Waals surface area contributed by atoms with Crippen LogP contribution in [0.5, 0.6) is 0 Å². The van der Waals surface area contributed by atoms with Gasteiger partial charge >= 0.3 is 0 Å². The maximum absolute atomic E-state index is 9.74. The number of rotatable bonds is 7. The third kappa shape index (κ3) is 3.47. The maximum atomic E-state index is 9.74.